The molecule has 1 aromatic heterocycles. The van der Waals surface area contributed by atoms with Gasteiger partial charge in [0, 0.05) is 18.7 Å². The Balaban J connectivity index is 2.08. The molecule has 0 atom stereocenters. The van der Waals surface area contributed by atoms with Crippen molar-refractivity contribution in [3.63, 3.8) is 0 Å². The largest absolute Gasteiger partial charge is 0.370 e. The molecule has 0 aromatic carbocycles. The van der Waals surface area contributed by atoms with Crippen LogP contribution in [0.3, 0.4) is 0 Å². The lowest BCUT2D eigenvalue weighted by molar-refractivity contribution is 0.233. The van der Waals surface area contributed by atoms with Gasteiger partial charge in [0.15, 0.2) is 0 Å². The van der Waals surface area contributed by atoms with Crippen LogP contribution in [0.5, 0.6) is 0 Å². The van der Waals surface area contributed by atoms with E-state index in [1.54, 1.807) is 0 Å². The summed E-state index contributed by atoms with van der Waals surface area (Å²) in [5.41, 5.74) is 1.54. The fourth-order valence-corrected chi connectivity index (χ4v) is 3.02. The van der Waals surface area contributed by atoms with E-state index in [2.05, 4.69) is 41.4 Å². The van der Waals surface area contributed by atoms with E-state index in [0.29, 0.717) is 5.41 Å². The van der Waals surface area contributed by atoms with E-state index in [-0.39, 0.29) is 0 Å². The van der Waals surface area contributed by atoms with Crippen LogP contribution in [0.25, 0.3) is 0 Å². The Bertz CT molecular complexity index is 450. The molecule has 4 heteroatoms. The normalized spacial score (nSPS) is 17.8. The molecule has 0 unspecified atom stereocenters. The van der Waals surface area contributed by atoms with Crippen LogP contribution in [-0.2, 0) is 0 Å². The van der Waals surface area contributed by atoms with E-state index in [9.17, 15) is 0 Å². The predicted octanol–water partition coefficient (Wildman–Crippen LogP) is 3.91. The molecule has 1 fully saturated rings. The van der Waals surface area contributed by atoms with Crippen LogP contribution in [0.15, 0.2) is 0 Å². The third kappa shape index (κ3) is 3.62. The Labute approximate surface area is 122 Å². The van der Waals surface area contributed by atoms with Crippen LogP contribution in [0.4, 0.5) is 11.6 Å². The molecule has 20 heavy (non-hydrogen) atoms. The van der Waals surface area contributed by atoms with Crippen molar-refractivity contribution in [2.75, 3.05) is 23.7 Å². The maximum absolute atomic E-state index is 4.57. The summed E-state index contributed by atoms with van der Waals surface area (Å²) in [5, 5.41) is 6.89. The van der Waals surface area contributed by atoms with Gasteiger partial charge in [0.25, 0.3) is 0 Å². The van der Waals surface area contributed by atoms with E-state index in [0.717, 1.165) is 36.1 Å². The number of anilines is 2. The number of nitrogens with one attached hydrogen (secondary N) is 2. The zero-order valence-electron chi connectivity index (χ0n) is 13.3. The minimum Gasteiger partial charge on any atom is -0.370 e. The number of nitrogens with zero attached hydrogens (tertiary/aromatic N) is 2. The van der Waals surface area contributed by atoms with Crippen LogP contribution in [0.1, 0.15) is 57.3 Å². The first-order valence-electron chi connectivity index (χ1n) is 7.87. The predicted molar refractivity (Wildman–Crippen MR) is 85.4 cm³/mol. The topological polar surface area (TPSA) is 49.8 Å². The van der Waals surface area contributed by atoms with Gasteiger partial charge in [-0.2, -0.15) is 0 Å². The summed E-state index contributed by atoms with van der Waals surface area (Å²) in [7, 11) is 0. The Kier molecular flexibility index (Phi) is 4.84. The minimum atomic E-state index is 0.419. The summed E-state index contributed by atoms with van der Waals surface area (Å²) in [6.07, 6.45) is 6.77. The van der Waals surface area contributed by atoms with Crippen LogP contribution < -0.4 is 10.6 Å². The number of aryl methyl sites for hydroxylation is 1. The van der Waals surface area contributed by atoms with Gasteiger partial charge < -0.3 is 10.6 Å². The van der Waals surface area contributed by atoms with Gasteiger partial charge >= 0.3 is 0 Å². The van der Waals surface area contributed by atoms with Gasteiger partial charge in [-0.1, -0.05) is 26.2 Å². The van der Waals surface area contributed by atoms with E-state index in [1.807, 2.05) is 6.92 Å². The molecule has 1 aromatic rings. The molecule has 2 N–H and O–H groups in total. The minimum absolute atomic E-state index is 0.419. The molecule has 1 aliphatic carbocycles. The highest BCUT2D eigenvalue weighted by molar-refractivity contribution is 5.57. The molecule has 0 bridgehead atoms. The zero-order chi connectivity index (χ0) is 14.6. The smallest absolute Gasteiger partial charge is 0.134 e. The van der Waals surface area contributed by atoms with Gasteiger partial charge in [-0.3, -0.25) is 0 Å². The Morgan fingerprint density at radius 1 is 1.00 bits per heavy atom. The Morgan fingerprint density at radius 3 is 2.20 bits per heavy atom. The van der Waals surface area contributed by atoms with E-state index in [4.69, 9.17) is 0 Å². The van der Waals surface area contributed by atoms with Crippen molar-refractivity contribution in [1.82, 2.24) is 9.97 Å². The quantitative estimate of drug-likeness (QED) is 0.856. The summed E-state index contributed by atoms with van der Waals surface area (Å²) in [4.78, 5) is 9.04. The molecule has 2 rings (SSSR count). The molecule has 1 saturated carbocycles. The number of hydrogen-bond acceptors (Lipinski definition) is 4. The molecule has 1 heterocycles. The maximum atomic E-state index is 4.57. The second-order valence-electron chi connectivity index (χ2n) is 6.35. The summed E-state index contributed by atoms with van der Waals surface area (Å²) >= 11 is 0. The van der Waals surface area contributed by atoms with E-state index >= 15 is 0 Å². The van der Waals surface area contributed by atoms with Gasteiger partial charge in [-0.25, -0.2) is 9.97 Å². The number of hydrogen-bond donors (Lipinski definition) is 2. The molecule has 0 amide bonds. The maximum Gasteiger partial charge on any atom is 0.134 e. The second kappa shape index (κ2) is 6.42. The monoisotopic (exact) mass is 276 g/mol. The summed E-state index contributed by atoms with van der Waals surface area (Å²) in [5.74, 6) is 2.76. The molecule has 0 aliphatic heterocycles. The van der Waals surface area contributed by atoms with Crippen molar-refractivity contribution in [3.8, 4) is 0 Å². The molecular weight excluding hydrogens is 248 g/mol. The van der Waals surface area contributed by atoms with Gasteiger partial charge in [0.05, 0.1) is 0 Å². The molecule has 1 aliphatic rings. The highest BCUT2D eigenvalue weighted by Gasteiger charge is 2.26. The molecular formula is C16H28N4. The lowest BCUT2D eigenvalue weighted by atomic mass is 9.76. The molecule has 0 radical (unpaired) electrons. The summed E-state index contributed by atoms with van der Waals surface area (Å²) in [6.45, 7) is 10.4. The fourth-order valence-electron chi connectivity index (χ4n) is 3.02. The average Bonchev–Trinajstić information content (AvgIpc) is 2.42. The van der Waals surface area contributed by atoms with Crippen molar-refractivity contribution in [2.45, 2.75) is 59.8 Å². The third-order valence-corrected chi connectivity index (χ3v) is 4.35. The Morgan fingerprint density at radius 2 is 1.60 bits per heavy atom. The molecule has 112 valence electrons. The standard InChI is InChI=1S/C16H28N4/c1-5-17-14-12(2)15(20-13(3)19-14)18-11-16(4)9-7-6-8-10-16/h5-11H2,1-4H3,(H2,17,18,19,20). The summed E-state index contributed by atoms with van der Waals surface area (Å²) in [6, 6.07) is 0. The van der Waals surface area contributed by atoms with Crippen LogP contribution in [-0.4, -0.2) is 23.1 Å². The van der Waals surface area contributed by atoms with Gasteiger partial charge in [0.1, 0.15) is 17.5 Å². The van der Waals surface area contributed by atoms with Crippen molar-refractivity contribution >= 4 is 11.6 Å². The van der Waals surface area contributed by atoms with Gasteiger partial charge in [0.2, 0.25) is 0 Å². The molecule has 4 nitrogen and oxygen atoms in total. The van der Waals surface area contributed by atoms with Crippen molar-refractivity contribution in [1.29, 1.82) is 0 Å². The SMILES string of the molecule is CCNc1nc(C)nc(NCC2(C)CCCCC2)c1C. The molecule has 0 spiro atoms. The highest BCUT2D eigenvalue weighted by atomic mass is 15.1. The third-order valence-electron chi connectivity index (χ3n) is 4.35. The first kappa shape index (κ1) is 15.1. The fraction of sp³-hybridized carbons (Fsp3) is 0.750. The highest BCUT2D eigenvalue weighted by Crippen LogP contribution is 2.36. The zero-order valence-corrected chi connectivity index (χ0v) is 13.3. The van der Waals surface area contributed by atoms with Crippen molar-refractivity contribution < 1.29 is 0 Å². The Hall–Kier alpha value is -1.32. The average molecular weight is 276 g/mol. The first-order chi connectivity index (χ1) is 9.54. The molecule has 0 saturated heterocycles. The van der Waals surface area contributed by atoms with Gasteiger partial charge in [-0.15, -0.1) is 0 Å². The van der Waals surface area contributed by atoms with Crippen LogP contribution in [0.2, 0.25) is 0 Å². The van der Waals surface area contributed by atoms with E-state index in [1.165, 1.54) is 32.1 Å². The first-order valence-corrected chi connectivity index (χ1v) is 7.87. The number of aromatic nitrogens is 2. The van der Waals surface area contributed by atoms with E-state index < -0.39 is 0 Å². The summed E-state index contributed by atoms with van der Waals surface area (Å²) < 4.78 is 0. The lowest BCUT2D eigenvalue weighted by Gasteiger charge is -2.34. The lowest BCUT2D eigenvalue weighted by Crippen LogP contribution is -2.29. The second-order valence-corrected chi connectivity index (χ2v) is 6.35. The van der Waals surface area contributed by atoms with Gasteiger partial charge in [-0.05, 0) is 39.0 Å². The van der Waals surface area contributed by atoms with Crippen LogP contribution >= 0.6 is 0 Å². The number of rotatable bonds is 5. The van der Waals surface area contributed by atoms with Crippen molar-refractivity contribution in [2.24, 2.45) is 5.41 Å². The van der Waals surface area contributed by atoms with Crippen LogP contribution in [0, 0.1) is 19.3 Å². The van der Waals surface area contributed by atoms with Crippen molar-refractivity contribution in [3.05, 3.63) is 11.4 Å².